The highest BCUT2D eigenvalue weighted by Crippen LogP contribution is 2.27. The lowest BCUT2D eigenvalue weighted by atomic mass is 9.91. The summed E-state index contributed by atoms with van der Waals surface area (Å²) in [6, 6.07) is 0.0960. The molecule has 0 radical (unpaired) electrons. The Morgan fingerprint density at radius 2 is 2.00 bits per heavy atom. The number of unbranched alkanes of at least 4 members (excludes halogenated alkanes) is 1. The van der Waals surface area contributed by atoms with Gasteiger partial charge in [0.15, 0.2) is 0 Å². The second-order valence-electron chi connectivity index (χ2n) is 7.75. The van der Waals surface area contributed by atoms with Crippen molar-refractivity contribution in [2.75, 3.05) is 13.1 Å². The third-order valence-electron chi connectivity index (χ3n) is 4.60. The molecule has 0 saturated carbocycles. The van der Waals surface area contributed by atoms with Crippen molar-refractivity contribution in [3.63, 3.8) is 0 Å². The van der Waals surface area contributed by atoms with E-state index in [1.807, 2.05) is 32.6 Å². The Kier molecular flexibility index (Phi) is 7.91. The molecule has 1 fully saturated rings. The van der Waals surface area contributed by atoms with Gasteiger partial charge in [-0.15, -0.1) is 0 Å². The molecule has 1 saturated heterocycles. The third kappa shape index (κ3) is 5.60. The Morgan fingerprint density at radius 3 is 2.50 bits per heavy atom. The summed E-state index contributed by atoms with van der Waals surface area (Å²) in [5, 5.41) is 0. The van der Waals surface area contributed by atoms with E-state index in [9.17, 15) is 9.59 Å². The topological polar surface area (TPSA) is 53.0 Å². The standard InChI is InChI=1S/C19H35N3O2/c1-7-8-10-17(22(14-23)16(4)5)20-19(6)11-9-12-21(13-19)18(24)15(2)3/h14-16H,7-13H2,1-6H3. The predicted octanol–water partition coefficient (Wildman–Crippen LogP) is 3.48. The Hall–Kier alpha value is -1.39. The lowest BCUT2D eigenvalue weighted by Gasteiger charge is -2.40. The summed E-state index contributed by atoms with van der Waals surface area (Å²) in [6.07, 6.45) is 5.69. The fraction of sp³-hybridized carbons (Fsp3) is 0.842. The Balaban J connectivity index is 3.04. The number of piperidine rings is 1. The van der Waals surface area contributed by atoms with Crippen LogP contribution in [0, 0.1) is 5.92 Å². The van der Waals surface area contributed by atoms with E-state index >= 15 is 0 Å². The summed E-state index contributed by atoms with van der Waals surface area (Å²) < 4.78 is 0. The first-order valence-corrected chi connectivity index (χ1v) is 9.35. The minimum Gasteiger partial charge on any atom is -0.340 e. The molecule has 2 amide bonds. The molecule has 0 aromatic heterocycles. The van der Waals surface area contributed by atoms with Gasteiger partial charge in [-0.3, -0.25) is 14.6 Å². The zero-order valence-electron chi connectivity index (χ0n) is 16.3. The number of amides is 2. The van der Waals surface area contributed by atoms with Crippen LogP contribution in [-0.2, 0) is 9.59 Å². The molecule has 0 aromatic rings. The van der Waals surface area contributed by atoms with E-state index in [0.29, 0.717) is 6.54 Å². The van der Waals surface area contributed by atoms with Crippen LogP contribution in [-0.4, -0.2) is 52.6 Å². The van der Waals surface area contributed by atoms with Crippen LogP contribution in [0.4, 0.5) is 0 Å². The van der Waals surface area contributed by atoms with Gasteiger partial charge in [-0.1, -0.05) is 27.2 Å². The summed E-state index contributed by atoms with van der Waals surface area (Å²) in [5.41, 5.74) is -0.304. The maximum absolute atomic E-state index is 12.4. The molecule has 0 N–H and O–H groups in total. The Morgan fingerprint density at radius 1 is 1.33 bits per heavy atom. The largest absolute Gasteiger partial charge is 0.340 e. The maximum Gasteiger partial charge on any atom is 0.225 e. The summed E-state index contributed by atoms with van der Waals surface area (Å²) in [4.78, 5) is 32.6. The zero-order chi connectivity index (χ0) is 18.3. The number of carbonyl (C=O) groups excluding carboxylic acids is 2. The van der Waals surface area contributed by atoms with Gasteiger partial charge in [0.2, 0.25) is 12.3 Å². The molecule has 1 aliphatic heterocycles. The summed E-state index contributed by atoms with van der Waals surface area (Å²) in [7, 11) is 0. The first kappa shape index (κ1) is 20.7. The molecule has 1 heterocycles. The van der Waals surface area contributed by atoms with Gasteiger partial charge in [0.1, 0.15) is 5.84 Å². The molecule has 0 aliphatic carbocycles. The monoisotopic (exact) mass is 337 g/mol. The van der Waals surface area contributed by atoms with Gasteiger partial charge in [0, 0.05) is 31.5 Å². The maximum atomic E-state index is 12.4. The van der Waals surface area contributed by atoms with Crippen molar-refractivity contribution < 1.29 is 9.59 Å². The van der Waals surface area contributed by atoms with Gasteiger partial charge < -0.3 is 9.80 Å². The van der Waals surface area contributed by atoms with Crippen LogP contribution in [0.3, 0.4) is 0 Å². The van der Waals surface area contributed by atoms with E-state index in [-0.39, 0.29) is 23.4 Å². The normalized spacial score (nSPS) is 22.2. The van der Waals surface area contributed by atoms with Crippen molar-refractivity contribution in [1.82, 2.24) is 9.80 Å². The van der Waals surface area contributed by atoms with Crippen molar-refractivity contribution in [1.29, 1.82) is 0 Å². The van der Waals surface area contributed by atoms with Gasteiger partial charge in [-0.05, 0) is 40.0 Å². The van der Waals surface area contributed by atoms with Crippen LogP contribution < -0.4 is 0 Å². The second kappa shape index (κ2) is 9.19. The Bertz CT molecular complexity index is 460. The van der Waals surface area contributed by atoms with Gasteiger partial charge in [0.05, 0.1) is 5.54 Å². The summed E-state index contributed by atoms with van der Waals surface area (Å²) in [6.45, 7) is 13.6. The van der Waals surface area contributed by atoms with Gasteiger partial charge in [-0.2, -0.15) is 0 Å². The van der Waals surface area contributed by atoms with Crippen molar-refractivity contribution in [3.8, 4) is 0 Å². The molecule has 138 valence electrons. The number of likely N-dealkylation sites (tertiary alicyclic amines) is 1. The van der Waals surface area contributed by atoms with Crippen molar-refractivity contribution in [3.05, 3.63) is 0 Å². The fourth-order valence-corrected chi connectivity index (χ4v) is 3.23. The number of carbonyl (C=O) groups is 2. The van der Waals surface area contributed by atoms with Crippen molar-refractivity contribution >= 4 is 18.2 Å². The van der Waals surface area contributed by atoms with Crippen LogP contribution in [0.25, 0.3) is 0 Å². The molecule has 0 bridgehead atoms. The molecular formula is C19H35N3O2. The molecule has 0 spiro atoms. The number of nitrogens with zero attached hydrogens (tertiary/aromatic N) is 3. The van der Waals surface area contributed by atoms with Gasteiger partial charge >= 0.3 is 0 Å². The van der Waals surface area contributed by atoms with Crippen molar-refractivity contribution in [2.45, 2.75) is 85.2 Å². The van der Waals surface area contributed by atoms with Crippen molar-refractivity contribution in [2.24, 2.45) is 10.9 Å². The molecule has 5 nitrogen and oxygen atoms in total. The lowest BCUT2D eigenvalue weighted by molar-refractivity contribution is -0.136. The predicted molar refractivity (Wildman–Crippen MR) is 99.1 cm³/mol. The van der Waals surface area contributed by atoms with E-state index in [1.54, 1.807) is 4.90 Å². The average molecular weight is 338 g/mol. The van der Waals surface area contributed by atoms with Crippen LogP contribution in [0.1, 0.15) is 73.6 Å². The van der Waals surface area contributed by atoms with Crippen LogP contribution in [0.2, 0.25) is 0 Å². The molecule has 1 unspecified atom stereocenters. The van der Waals surface area contributed by atoms with E-state index in [4.69, 9.17) is 4.99 Å². The first-order valence-electron chi connectivity index (χ1n) is 9.35. The minimum absolute atomic E-state index is 0.0121. The second-order valence-corrected chi connectivity index (χ2v) is 7.75. The highest BCUT2D eigenvalue weighted by Gasteiger charge is 2.34. The molecular weight excluding hydrogens is 302 g/mol. The number of rotatable bonds is 7. The van der Waals surface area contributed by atoms with Crippen LogP contribution >= 0.6 is 0 Å². The van der Waals surface area contributed by atoms with E-state index < -0.39 is 0 Å². The highest BCUT2D eigenvalue weighted by atomic mass is 16.2. The fourth-order valence-electron chi connectivity index (χ4n) is 3.23. The van der Waals surface area contributed by atoms with E-state index in [2.05, 4.69) is 13.8 Å². The molecule has 1 atom stereocenters. The molecule has 1 aliphatic rings. The number of hydrogen-bond acceptors (Lipinski definition) is 3. The minimum atomic E-state index is -0.304. The highest BCUT2D eigenvalue weighted by molar-refractivity contribution is 5.91. The SMILES string of the molecule is CCCCC(=NC1(C)CCCN(C(=O)C(C)C)C1)N(C=O)C(C)C. The van der Waals surface area contributed by atoms with E-state index in [1.165, 1.54) is 0 Å². The molecule has 24 heavy (non-hydrogen) atoms. The van der Waals surface area contributed by atoms with Gasteiger partial charge in [-0.25, -0.2) is 0 Å². The van der Waals surface area contributed by atoms with Crippen LogP contribution in [0.15, 0.2) is 4.99 Å². The number of hydrogen-bond donors (Lipinski definition) is 0. The summed E-state index contributed by atoms with van der Waals surface area (Å²) >= 11 is 0. The van der Waals surface area contributed by atoms with Crippen LogP contribution in [0.5, 0.6) is 0 Å². The first-order chi connectivity index (χ1) is 11.2. The average Bonchev–Trinajstić information content (AvgIpc) is 2.51. The van der Waals surface area contributed by atoms with Gasteiger partial charge in [0.25, 0.3) is 0 Å². The summed E-state index contributed by atoms with van der Waals surface area (Å²) in [5.74, 6) is 1.07. The molecule has 5 heteroatoms. The quantitative estimate of drug-likeness (QED) is 0.406. The van der Waals surface area contributed by atoms with E-state index in [0.717, 1.165) is 50.9 Å². The number of aliphatic imine (C=N–C) groups is 1. The number of amidine groups is 1. The molecule has 0 aromatic carbocycles. The Labute approximate surface area is 147 Å². The zero-order valence-corrected chi connectivity index (χ0v) is 16.3. The molecule has 1 rings (SSSR count). The lowest BCUT2D eigenvalue weighted by Crippen LogP contribution is -2.50. The smallest absolute Gasteiger partial charge is 0.225 e. The third-order valence-corrected chi connectivity index (χ3v) is 4.60.